The summed E-state index contributed by atoms with van der Waals surface area (Å²) in [5.41, 5.74) is 5.92. The van der Waals surface area contributed by atoms with E-state index < -0.39 is 0 Å². The van der Waals surface area contributed by atoms with Crippen molar-refractivity contribution in [2.75, 3.05) is 13.2 Å². The summed E-state index contributed by atoms with van der Waals surface area (Å²) in [6.07, 6.45) is 0.942. The second-order valence-electron chi connectivity index (χ2n) is 5.73. The van der Waals surface area contributed by atoms with Crippen molar-refractivity contribution in [1.82, 2.24) is 4.98 Å². The second kappa shape index (κ2) is 5.60. The van der Waals surface area contributed by atoms with E-state index in [0.717, 1.165) is 23.3 Å². The zero-order valence-corrected chi connectivity index (χ0v) is 13.1. The molecule has 0 aliphatic heterocycles. The number of fused-ring (bicyclic) bond motifs is 4. The maximum absolute atomic E-state index is 9.13. The summed E-state index contributed by atoms with van der Waals surface area (Å²) < 4.78 is 5.85. The third-order valence-electron chi connectivity index (χ3n) is 4.43. The summed E-state index contributed by atoms with van der Waals surface area (Å²) in [7, 11) is 0. The van der Waals surface area contributed by atoms with Crippen LogP contribution in [0.15, 0.2) is 48.5 Å². The number of para-hydroxylation sites is 1. The van der Waals surface area contributed by atoms with Gasteiger partial charge in [0.25, 0.3) is 0 Å². The van der Waals surface area contributed by atoms with Crippen LogP contribution >= 0.6 is 0 Å². The van der Waals surface area contributed by atoms with Crippen molar-refractivity contribution < 1.29 is 9.84 Å². The summed E-state index contributed by atoms with van der Waals surface area (Å²) in [6, 6.07) is 16.7. The maximum atomic E-state index is 9.13. The molecule has 1 aromatic carbocycles. The number of aliphatic hydroxyl groups excluding tert-OH is 1. The molecule has 0 bridgehead atoms. The SMILES string of the molecule is CCc1c2cccc-2c(OCCO)cc2c1[nH]c1ccccc12. The van der Waals surface area contributed by atoms with Crippen LogP contribution in [0.4, 0.5) is 0 Å². The van der Waals surface area contributed by atoms with Crippen LogP contribution in [0.3, 0.4) is 0 Å². The molecule has 2 N–H and O–H groups in total. The number of benzene rings is 1. The van der Waals surface area contributed by atoms with E-state index in [0.29, 0.717) is 6.61 Å². The predicted octanol–water partition coefficient (Wildman–Crippen LogP) is 4.36. The minimum absolute atomic E-state index is 0.0124. The topological polar surface area (TPSA) is 45.2 Å². The fourth-order valence-corrected chi connectivity index (χ4v) is 3.44. The normalized spacial score (nSPS) is 11.6. The average Bonchev–Trinajstić information content (AvgIpc) is 3.16. The minimum atomic E-state index is 0.0124. The van der Waals surface area contributed by atoms with Gasteiger partial charge in [-0.05, 0) is 29.7 Å². The lowest BCUT2D eigenvalue weighted by Crippen LogP contribution is -2.01. The molecule has 3 nitrogen and oxygen atoms in total. The molecular weight excluding hydrogens is 286 g/mol. The van der Waals surface area contributed by atoms with Crippen molar-refractivity contribution in [3.05, 3.63) is 54.1 Å². The van der Waals surface area contributed by atoms with E-state index >= 15 is 0 Å². The van der Waals surface area contributed by atoms with Gasteiger partial charge in [0.2, 0.25) is 0 Å². The van der Waals surface area contributed by atoms with E-state index in [2.05, 4.69) is 54.4 Å². The molecule has 0 saturated carbocycles. The Bertz CT molecular complexity index is 955. The third kappa shape index (κ3) is 2.16. The van der Waals surface area contributed by atoms with E-state index in [4.69, 9.17) is 9.84 Å². The van der Waals surface area contributed by atoms with E-state index in [-0.39, 0.29) is 6.61 Å². The fourth-order valence-electron chi connectivity index (χ4n) is 3.44. The van der Waals surface area contributed by atoms with Gasteiger partial charge in [-0.2, -0.15) is 0 Å². The molecule has 3 heteroatoms. The third-order valence-corrected chi connectivity index (χ3v) is 4.43. The highest BCUT2D eigenvalue weighted by Crippen LogP contribution is 2.40. The van der Waals surface area contributed by atoms with Gasteiger partial charge in [0.1, 0.15) is 12.4 Å². The lowest BCUT2D eigenvalue weighted by molar-refractivity contribution is 0.202. The van der Waals surface area contributed by atoms with Crippen LogP contribution in [-0.2, 0) is 6.42 Å². The van der Waals surface area contributed by atoms with Crippen molar-refractivity contribution in [3.8, 4) is 16.9 Å². The molecular formula is C20H19NO2. The van der Waals surface area contributed by atoms with Gasteiger partial charge in [0, 0.05) is 21.9 Å². The number of aliphatic hydroxyl groups is 1. The Morgan fingerprint density at radius 2 is 1.83 bits per heavy atom. The Morgan fingerprint density at radius 3 is 2.65 bits per heavy atom. The Balaban J connectivity index is 2.14. The van der Waals surface area contributed by atoms with Crippen molar-refractivity contribution >= 4 is 21.8 Å². The molecule has 0 fully saturated rings. The Kier molecular flexibility index (Phi) is 3.43. The number of H-pyrrole nitrogens is 1. The largest absolute Gasteiger partial charge is 0.491 e. The van der Waals surface area contributed by atoms with Gasteiger partial charge in [0.15, 0.2) is 0 Å². The Morgan fingerprint density at radius 1 is 1.00 bits per heavy atom. The highest BCUT2D eigenvalue weighted by molar-refractivity contribution is 6.10. The monoisotopic (exact) mass is 305 g/mol. The van der Waals surface area contributed by atoms with Crippen LogP contribution in [0.1, 0.15) is 12.5 Å². The van der Waals surface area contributed by atoms with E-state index in [9.17, 15) is 0 Å². The highest BCUT2D eigenvalue weighted by atomic mass is 16.5. The number of aromatic amines is 1. The molecule has 4 rings (SSSR count). The first-order valence-corrected chi connectivity index (χ1v) is 8.02. The van der Waals surface area contributed by atoms with Gasteiger partial charge in [-0.3, -0.25) is 0 Å². The standard InChI is InChI=1S/C20H19NO2/c1-2-13-14-7-5-8-16(14)19(23-11-10-22)12-17-15-6-3-4-9-18(15)21-20(13)17/h3-9,12,21-22H,2,10-11H2,1H3. The first-order valence-electron chi connectivity index (χ1n) is 8.02. The number of rotatable bonds is 4. The molecule has 2 aliphatic carbocycles. The quantitative estimate of drug-likeness (QED) is 0.588. The molecule has 0 unspecified atom stereocenters. The molecule has 0 radical (unpaired) electrons. The number of nitrogens with one attached hydrogen (secondary N) is 1. The Labute approximate surface area is 134 Å². The van der Waals surface area contributed by atoms with E-state index in [1.807, 2.05) is 6.07 Å². The number of hydrogen-bond donors (Lipinski definition) is 2. The zero-order valence-electron chi connectivity index (χ0n) is 13.1. The summed E-state index contributed by atoms with van der Waals surface area (Å²) >= 11 is 0. The summed E-state index contributed by atoms with van der Waals surface area (Å²) in [4.78, 5) is 3.58. The first kappa shape index (κ1) is 14.1. The molecule has 0 amide bonds. The van der Waals surface area contributed by atoms with Crippen LogP contribution in [0.25, 0.3) is 32.9 Å². The smallest absolute Gasteiger partial charge is 0.127 e. The van der Waals surface area contributed by atoms with Crippen molar-refractivity contribution in [3.63, 3.8) is 0 Å². The van der Waals surface area contributed by atoms with E-state index in [1.54, 1.807) is 0 Å². The summed E-state index contributed by atoms with van der Waals surface area (Å²) in [5.74, 6) is 0.827. The number of ether oxygens (including phenoxy) is 1. The molecule has 0 atom stereocenters. The average molecular weight is 305 g/mol. The van der Waals surface area contributed by atoms with Crippen molar-refractivity contribution in [2.24, 2.45) is 0 Å². The molecule has 1 heterocycles. The van der Waals surface area contributed by atoms with Crippen LogP contribution in [0, 0.1) is 0 Å². The highest BCUT2D eigenvalue weighted by Gasteiger charge is 2.17. The van der Waals surface area contributed by atoms with Crippen LogP contribution < -0.4 is 4.74 Å². The summed E-state index contributed by atoms with van der Waals surface area (Å²) in [5, 5.41) is 11.5. The molecule has 23 heavy (non-hydrogen) atoms. The number of aromatic nitrogens is 1. The molecule has 1 aromatic heterocycles. The molecule has 116 valence electrons. The van der Waals surface area contributed by atoms with Gasteiger partial charge in [-0.15, -0.1) is 0 Å². The van der Waals surface area contributed by atoms with Crippen molar-refractivity contribution in [2.45, 2.75) is 13.3 Å². The van der Waals surface area contributed by atoms with Gasteiger partial charge in [0.05, 0.1) is 12.1 Å². The van der Waals surface area contributed by atoms with Gasteiger partial charge in [-0.1, -0.05) is 43.3 Å². The zero-order chi connectivity index (χ0) is 15.8. The molecule has 2 aromatic rings. The number of aryl methyl sites for hydroxylation is 1. The second-order valence-corrected chi connectivity index (χ2v) is 5.73. The molecule has 0 spiro atoms. The van der Waals surface area contributed by atoms with Gasteiger partial charge in [-0.25, -0.2) is 0 Å². The Hall–Kier alpha value is -2.52. The lowest BCUT2D eigenvalue weighted by atomic mass is 10.0. The summed E-state index contributed by atoms with van der Waals surface area (Å²) in [6.45, 7) is 2.50. The van der Waals surface area contributed by atoms with Crippen LogP contribution in [-0.4, -0.2) is 23.3 Å². The van der Waals surface area contributed by atoms with E-state index in [1.165, 1.54) is 27.4 Å². The van der Waals surface area contributed by atoms with Crippen LogP contribution in [0.5, 0.6) is 5.75 Å². The predicted molar refractivity (Wildman–Crippen MR) is 94.4 cm³/mol. The lowest BCUT2D eigenvalue weighted by Gasteiger charge is -2.07. The van der Waals surface area contributed by atoms with Crippen molar-refractivity contribution in [1.29, 1.82) is 0 Å². The molecule has 0 saturated heterocycles. The minimum Gasteiger partial charge on any atom is -0.491 e. The van der Waals surface area contributed by atoms with Crippen LogP contribution in [0.2, 0.25) is 0 Å². The van der Waals surface area contributed by atoms with Gasteiger partial charge >= 0.3 is 0 Å². The molecule has 2 aliphatic rings. The fraction of sp³-hybridized carbons (Fsp3) is 0.200. The van der Waals surface area contributed by atoms with Gasteiger partial charge < -0.3 is 14.8 Å². The number of hydrogen-bond acceptors (Lipinski definition) is 2. The maximum Gasteiger partial charge on any atom is 0.127 e. The first-order chi connectivity index (χ1) is 11.3.